The number of hydrogen-bond donors (Lipinski definition) is 0. The van der Waals surface area contributed by atoms with Crippen molar-refractivity contribution in [2.75, 3.05) is 14.1 Å². The summed E-state index contributed by atoms with van der Waals surface area (Å²) in [7, 11) is 3.01. The molecule has 15 heavy (non-hydrogen) atoms. The van der Waals surface area contributed by atoms with Crippen molar-refractivity contribution in [3.63, 3.8) is 0 Å². The average molecular weight is 223 g/mol. The molecule has 0 aromatic heterocycles. The van der Waals surface area contributed by atoms with E-state index in [0.717, 1.165) is 6.42 Å². The van der Waals surface area contributed by atoms with Gasteiger partial charge in [0.25, 0.3) is 0 Å². The van der Waals surface area contributed by atoms with Crippen LogP contribution in [0.15, 0.2) is 0 Å². The van der Waals surface area contributed by atoms with Crippen LogP contribution >= 0.6 is 0 Å². The molecule has 1 aliphatic rings. The number of hydrogen-bond acceptors (Lipinski definition) is 1. The zero-order valence-electron chi connectivity index (χ0n) is 8.97. The molecule has 5 heteroatoms. The lowest BCUT2D eigenvalue weighted by Crippen LogP contribution is -2.42. The third kappa shape index (κ3) is 2.86. The number of rotatable bonds is 1. The summed E-state index contributed by atoms with van der Waals surface area (Å²) in [5.74, 6) is -2.70. The summed E-state index contributed by atoms with van der Waals surface area (Å²) in [4.78, 5) is 12.8. The molecule has 0 spiro atoms. The summed E-state index contributed by atoms with van der Waals surface area (Å²) in [5.41, 5.74) is 0. The van der Waals surface area contributed by atoms with E-state index in [4.69, 9.17) is 0 Å². The Labute approximate surface area is 87.4 Å². The van der Waals surface area contributed by atoms with Crippen LogP contribution in [0.4, 0.5) is 13.2 Å². The van der Waals surface area contributed by atoms with Crippen molar-refractivity contribution in [1.29, 1.82) is 0 Å². The Bertz CT molecular complexity index is 237. The molecule has 2 unspecified atom stereocenters. The van der Waals surface area contributed by atoms with Crippen LogP contribution in [-0.2, 0) is 4.79 Å². The van der Waals surface area contributed by atoms with Crippen LogP contribution in [-0.4, -0.2) is 31.1 Å². The highest BCUT2D eigenvalue weighted by atomic mass is 19.4. The van der Waals surface area contributed by atoms with Crippen molar-refractivity contribution >= 4 is 5.91 Å². The van der Waals surface area contributed by atoms with Gasteiger partial charge < -0.3 is 4.90 Å². The van der Waals surface area contributed by atoms with Gasteiger partial charge in [-0.2, -0.15) is 13.2 Å². The predicted octanol–water partition coefficient (Wildman–Crippen LogP) is 2.44. The monoisotopic (exact) mass is 223 g/mol. The van der Waals surface area contributed by atoms with Crippen molar-refractivity contribution in [2.24, 2.45) is 11.8 Å². The van der Waals surface area contributed by atoms with Gasteiger partial charge >= 0.3 is 6.18 Å². The normalized spacial score (nSPS) is 27.5. The summed E-state index contributed by atoms with van der Waals surface area (Å²) in [6.07, 6.45) is -2.50. The summed E-state index contributed by atoms with van der Waals surface area (Å²) in [5, 5.41) is 0. The molecule has 0 aliphatic heterocycles. The highest BCUT2D eigenvalue weighted by Crippen LogP contribution is 2.41. The van der Waals surface area contributed by atoms with Gasteiger partial charge in [0.15, 0.2) is 0 Å². The molecule has 1 amide bonds. The third-order valence-corrected chi connectivity index (χ3v) is 2.94. The first-order valence-electron chi connectivity index (χ1n) is 5.12. The lowest BCUT2D eigenvalue weighted by atomic mass is 9.78. The quantitative estimate of drug-likeness (QED) is 0.668. The van der Waals surface area contributed by atoms with Crippen molar-refractivity contribution in [1.82, 2.24) is 4.90 Å². The number of amides is 1. The minimum atomic E-state index is -4.24. The summed E-state index contributed by atoms with van der Waals surface area (Å²) in [6.45, 7) is 0. The van der Waals surface area contributed by atoms with Crippen LogP contribution in [0, 0.1) is 11.8 Å². The molecule has 0 radical (unpaired) electrons. The SMILES string of the molecule is CN(C)C(=O)C1CCCCC1C(F)(F)F. The molecule has 1 saturated carbocycles. The molecular weight excluding hydrogens is 207 g/mol. The molecule has 1 fully saturated rings. The van der Waals surface area contributed by atoms with E-state index in [0.29, 0.717) is 12.8 Å². The largest absolute Gasteiger partial charge is 0.392 e. The van der Waals surface area contributed by atoms with Crippen LogP contribution in [0.1, 0.15) is 25.7 Å². The molecule has 2 atom stereocenters. The Kier molecular flexibility index (Phi) is 3.62. The molecular formula is C10H16F3NO. The average Bonchev–Trinajstić information content (AvgIpc) is 2.15. The van der Waals surface area contributed by atoms with Crippen molar-refractivity contribution in [3.8, 4) is 0 Å². The number of nitrogens with zero attached hydrogens (tertiary/aromatic N) is 1. The fourth-order valence-corrected chi connectivity index (χ4v) is 2.15. The van der Waals surface area contributed by atoms with Gasteiger partial charge in [-0.25, -0.2) is 0 Å². The fourth-order valence-electron chi connectivity index (χ4n) is 2.15. The van der Waals surface area contributed by atoms with Crippen LogP contribution in [0.25, 0.3) is 0 Å². The molecule has 1 rings (SSSR count). The van der Waals surface area contributed by atoms with Crippen LogP contribution < -0.4 is 0 Å². The second-order valence-corrected chi connectivity index (χ2v) is 4.27. The smallest absolute Gasteiger partial charge is 0.349 e. The van der Waals surface area contributed by atoms with Gasteiger partial charge in [-0.15, -0.1) is 0 Å². The molecule has 2 nitrogen and oxygen atoms in total. The molecule has 0 aromatic carbocycles. The highest BCUT2D eigenvalue weighted by Gasteiger charge is 2.48. The van der Waals surface area contributed by atoms with Gasteiger partial charge in [-0.3, -0.25) is 4.79 Å². The topological polar surface area (TPSA) is 20.3 Å². The van der Waals surface area contributed by atoms with E-state index in [-0.39, 0.29) is 6.42 Å². The number of carbonyl (C=O) groups excluding carboxylic acids is 1. The van der Waals surface area contributed by atoms with Gasteiger partial charge in [-0.1, -0.05) is 12.8 Å². The van der Waals surface area contributed by atoms with E-state index in [2.05, 4.69) is 0 Å². The Morgan fingerprint density at radius 2 is 1.73 bits per heavy atom. The molecule has 0 saturated heterocycles. The summed E-state index contributed by atoms with van der Waals surface area (Å²) < 4.78 is 37.9. The van der Waals surface area contributed by atoms with Gasteiger partial charge in [0.1, 0.15) is 0 Å². The van der Waals surface area contributed by atoms with Gasteiger partial charge in [0.2, 0.25) is 5.91 Å². The lowest BCUT2D eigenvalue weighted by molar-refractivity contribution is -0.200. The van der Waals surface area contributed by atoms with Gasteiger partial charge in [-0.05, 0) is 12.8 Å². The Hall–Kier alpha value is -0.740. The third-order valence-electron chi connectivity index (χ3n) is 2.94. The first-order valence-corrected chi connectivity index (χ1v) is 5.12. The molecule has 88 valence electrons. The number of alkyl halides is 3. The van der Waals surface area contributed by atoms with Gasteiger partial charge in [0, 0.05) is 20.0 Å². The molecule has 0 N–H and O–H groups in total. The summed E-state index contributed by atoms with van der Waals surface area (Å²) in [6, 6.07) is 0. The standard InChI is InChI=1S/C10H16F3NO/c1-14(2)9(15)7-5-3-4-6-8(7)10(11,12)13/h7-8H,3-6H2,1-2H3. The Balaban J connectivity index is 2.79. The zero-order valence-corrected chi connectivity index (χ0v) is 8.97. The van der Waals surface area contributed by atoms with Crippen molar-refractivity contribution in [3.05, 3.63) is 0 Å². The van der Waals surface area contributed by atoms with Gasteiger partial charge in [0.05, 0.1) is 5.92 Å². The van der Waals surface area contributed by atoms with Crippen LogP contribution in [0.2, 0.25) is 0 Å². The predicted molar refractivity (Wildman–Crippen MR) is 50.2 cm³/mol. The Morgan fingerprint density at radius 1 is 1.20 bits per heavy atom. The molecule has 0 aromatic rings. The maximum absolute atomic E-state index is 12.6. The lowest BCUT2D eigenvalue weighted by Gasteiger charge is -2.33. The minimum Gasteiger partial charge on any atom is -0.349 e. The molecule has 0 bridgehead atoms. The molecule has 1 aliphatic carbocycles. The van der Waals surface area contributed by atoms with Crippen LogP contribution in [0.5, 0.6) is 0 Å². The van der Waals surface area contributed by atoms with E-state index in [1.54, 1.807) is 0 Å². The summed E-state index contributed by atoms with van der Waals surface area (Å²) >= 11 is 0. The molecule has 0 heterocycles. The second kappa shape index (κ2) is 4.41. The second-order valence-electron chi connectivity index (χ2n) is 4.27. The van der Waals surface area contributed by atoms with E-state index in [9.17, 15) is 18.0 Å². The van der Waals surface area contributed by atoms with E-state index < -0.39 is 23.9 Å². The van der Waals surface area contributed by atoms with E-state index in [1.807, 2.05) is 0 Å². The zero-order chi connectivity index (χ0) is 11.6. The van der Waals surface area contributed by atoms with Crippen molar-refractivity contribution in [2.45, 2.75) is 31.9 Å². The first-order chi connectivity index (χ1) is 6.84. The number of carbonyl (C=O) groups is 1. The fraction of sp³-hybridized carbons (Fsp3) is 0.900. The first kappa shape index (κ1) is 12.3. The van der Waals surface area contributed by atoms with E-state index >= 15 is 0 Å². The van der Waals surface area contributed by atoms with Crippen molar-refractivity contribution < 1.29 is 18.0 Å². The maximum atomic E-state index is 12.6. The maximum Gasteiger partial charge on any atom is 0.392 e. The minimum absolute atomic E-state index is 0.0910. The highest BCUT2D eigenvalue weighted by molar-refractivity contribution is 5.78. The number of halogens is 3. The van der Waals surface area contributed by atoms with Crippen LogP contribution in [0.3, 0.4) is 0 Å². The van der Waals surface area contributed by atoms with E-state index in [1.165, 1.54) is 19.0 Å². The Morgan fingerprint density at radius 3 is 2.20 bits per heavy atom.